The Morgan fingerprint density at radius 3 is 3.00 bits per heavy atom. The molecule has 0 aromatic heterocycles. The fourth-order valence-corrected chi connectivity index (χ4v) is 2.71. The van der Waals surface area contributed by atoms with Gasteiger partial charge in [0.1, 0.15) is 0 Å². The molecule has 2 rings (SSSR count). The lowest BCUT2D eigenvalue weighted by atomic mass is 10.0. The lowest BCUT2D eigenvalue weighted by molar-refractivity contribution is 0.00520. The van der Waals surface area contributed by atoms with Crippen LogP contribution in [0.3, 0.4) is 0 Å². The van der Waals surface area contributed by atoms with E-state index in [0.29, 0.717) is 19.8 Å². The van der Waals surface area contributed by atoms with Crippen LogP contribution in [0.1, 0.15) is 21.5 Å². The number of rotatable bonds is 2. The number of aryl methyl sites for hydroxylation is 2. The molecule has 1 fully saturated rings. The van der Waals surface area contributed by atoms with Gasteiger partial charge in [0, 0.05) is 17.4 Å². The molecule has 1 saturated heterocycles. The van der Waals surface area contributed by atoms with E-state index in [0.717, 1.165) is 22.0 Å². The van der Waals surface area contributed by atoms with Crippen LogP contribution in [0.25, 0.3) is 0 Å². The number of ether oxygens (including phenoxy) is 1. The summed E-state index contributed by atoms with van der Waals surface area (Å²) in [5.74, 6) is 0.115. The first-order chi connectivity index (χ1) is 8.63. The first kappa shape index (κ1) is 13.6. The van der Waals surface area contributed by atoms with Gasteiger partial charge in [-0.05, 0) is 25.5 Å². The molecule has 1 heterocycles. The molecule has 4 heteroatoms. The number of hydrogen-bond donors (Lipinski definition) is 0. The van der Waals surface area contributed by atoms with Gasteiger partial charge in [0.05, 0.1) is 19.3 Å². The van der Waals surface area contributed by atoms with Gasteiger partial charge in [0.2, 0.25) is 0 Å². The Bertz CT molecular complexity index is 447. The average Bonchev–Trinajstić information content (AvgIpc) is 2.40. The number of benzene rings is 1. The van der Waals surface area contributed by atoms with E-state index < -0.39 is 0 Å². The number of morpholine rings is 1. The van der Waals surface area contributed by atoms with Crippen LogP contribution in [0, 0.1) is 13.8 Å². The Labute approximate surface area is 116 Å². The Balaban J connectivity index is 2.26. The van der Waals surface area contributed by atoms with Crippen molar-refractivity contribution in [2.45, 2.75) is 19.9 Å². The lowest BCUT2D eigenvalue weighted by Gasteiger charge is -2.35. The van der Waals surface area contributed by atoms with Gasteiger partial charge in [0.25, 0.3) is 5.91 Å². The molecule has 1 aliphatic heterocycles. The van der Waals surface area contributed by atoms with Crippen molar-refractivity contribution >= 4 is 21.8 Å². The van der Waals surface area contributed by atoms with Gasteiger partial charge >= 0.3 is 0 Å². The van der Waals surface area contributed by atoms with E-state index in [1.807, 2.05) is 36.9 Å². The van der Waals surface area contributed by atoms with Crippen molar-refractivity contribution in [3.8, 4) is 0 Å². The summed E-state index contributed by atoms with van der Waals surface area (Å²) in [6, 6.07) is 6.14. The van der Waals surface area contributed by atoms with Gasteiger partial charge in [-0.2, -0.15) is 0 Å². The fraction of sp³-hybridized carbons (Fsp3) is 0.500. The quantitative estimate of drug-likeness (QED) is 0.786. The highest BCUT2D eigenvalue weighted by Gasteiger charge is 2.27. The molecule has 0 bridgehead atoms. The average molecular weight is 312 g/mol. The maximum Gasteiger partial charge on any atom is 0.254 e. The Morgan fingerprint density at radius 2 is 2.28 bits per heavy atom. The molecular weight excluding hydrogens is 294 g/mol. The van der Waals surface area contributed by atoms with Crippen LogP contribution < -0.4 is 0 Å². The third-order valence-electron chi connectivity index (χ3n) is 3.29. The van der Waals surface area contributed by atoms with Crippen molar-refractivity contribution in [3.63, 3.8) is 0 Å². The number of amides is 1. The molecule has 0 spiro atoms. The first-order valence-corrected chi connectivity index (χ1v) is 7.27. The highest BCUT2D eigenvalue weighted by Crippen LogP contribution is 2.18. The molecule has 1 unspecified atom stereocenters. The SMILES string of the molecule is Cc1ccc(C)c(C(=O)N2CCOCC2CBr)c1. The standard InChI is InChI=1S/C14H18BrNO2/c1-10-3-4-11(2)13(7-10)14(17)16-5-6-18-9-12(16)8-15/h3-4,7,12H,5-6,8-9H2,1-2H3. The molecule has 1 aliphatic rings. The van der Waals surface area contributed by atoms with Crippen molar-refractivity contribution in [1.29, 1.82) is 0 Å². The van der Waals surface area contributed by atoms with Crippen LogP contribution in [0.2, 0.25) is 0 Å². The molecule has 1 amide bonds. The van der Waals surface area contributed by atoms with Gasteiger partial charge in [-0.3, -0.25) is 4.79 Å². The van der Waals surface area contributed by atoms with E-state index in [9.17, 15) is 4.79 Å². The maximum atomic E-state index is 12.6. The van der Waals surface area contributed by atoms with Gasteiger partial charge < -0.3 is 9.64 Å². The molecule has 0 saturated carbocycles. The minimum absolute atomic E-state index is 0.115. The highest BCUT2D eigenvalue weighted by molar-refractivity contribution is 9.09. The van der Waals surface area contributed by atoms with Gasteiger partial charge in [-0.15, -0.1) is 0 Å². The smallest absolute Gasteiger partial charge is 0.254 e. The second kappa shape index (κ2) is 5.85. The van der Waals surface area contributed by atoms with E-state index in [-0.39, 0.29) is 11.9 Å². The fourth-order valence-electron chi connectivity index (χ4n) is 2.17. The molecule has 1 aromatic carbocycles. The minimum Gasteiger partial charge on any atom is -0.377 e. The summed E-state index contributed by atoms with van der Waals surface area (Å²) < 4.78 is 5.42. The molecule has 1 aromatic rings. The van der Waals surface area contributed by atoms with E-state index in [1.54, 1.807) is 0 Å². The van der Waals surface area contributed by atoms with Crippen LogP contribution in [-0.2, 0) is 4.74 Å². The number of carbonyl (C=O) groups excluding carboxylic acids is 1. The van der Waals surface area contributed by atoms with Crippen LogP contribution in [0.15, 0.2) is 18.2 Å². The van der Waals surface area contributed by atoms with Crippen molar-refractivity contribution in [2.75, 3.05) is 25.1 Å². The van der Waals surface area contributed by atoms with E-state index in [2.05, 4.69) is 15.9 Å². The van der Waals surface area contributed by atoms with Crippen molar-refractivity contribution in [3.05, 3.63) is 34.9 Å². The zero-order valence-corrected chi connectivity index (χ0v) is 12.4. The van der Waals surface area contributed by atoms with Crippen LogP contribution in [0.5, 0.6) is 0 Å². The Morgan fingerprint density at radius 1 is 1.50 bits per heavy atom. The summed E-state index contributed by atoms with van der Waals surface area (Å²) in [7, 11) is 0. The van der Waals surface area contributed by atoms with E-state index in [1.165, 1.54) is 0 Å². The number of carbonyl (C=O) groups is 1. The third kappa shape index (κ3) is 2.75. The van der Waals surface area contributed by atoms with E-state index >= 15 is 0 Å². The minimum atomic E-state index is 0.115. The van der Waals surface area contributed by atoms with Crippen molar-refractivity contribution < 1.29 is 9.53 Å². The summed E-state index contributed by atoms with van der Waals surface area (Å²) in [6.45, 7) is 5.90. The normalized spacial score (nSPS) is 19.9. The lowest BCUT2D eigenvalue weighted by Crippen LogP contribution is -2.49. The number of hydrogen-bond acceptors (Lipinski definition) is 2. The predicted octanol–water partition coefficient (Wildman–Crippen LogP) is 2.54. The number of alkyl halides is 1. The van der Waals surface area contributed by atoms with Gasteiger partial charge in [0.15, 0.2) is 0 Å². The summed E-state index contributed by atoms with van der Waals surface area (Å²) in [5.41, 5.74) is 2.96. The van der Waals surface area contributed by atoms with Crippen molar-refractivity contribution in [1.82, 2.24) is 4.90 Å². The molecule has 3 nitrogen and oxygen atoms in total. The maximum absolute atomic E-state index is 12.6. The molecule has 0 aliphatic carbocycles. The van der Waals surface area contributed by atoms with Gasteiger partial charge in [-0.25, -0.2) is 0 Å². The third-order valence-corrected chi connectivity index (χ3v) is 4.04. The van der Waals surface area contributed by atoms with Crippen LogP contribution in [0.4, 0.5) is 0 Å². The van der Waals surface area contributed by atoms with Crippen LogP contribution in [-0.4, -0.2) is 41.9 Å². The molecule has 98 valence electrons. The highest BCUT2D eigenvalue weighted by atomic mass is 79.9. The number of nitrogens with zero attached hydrogens (tertiary/aromatic N) is 1. The Kier molecular flexibility index (Phi) is 4.40. The topological polar surface area (TPSA) is 29.5 Å². The molecular formula is C14H18BrNO2. The predicted molar refractivity (Wildman–Crippen MR) is 75.4 cm³/mol. The summed E-state index contributed by atoms with van der Waals surface area (Å²) in [6.07, 6.45) is 0. The summed E-state index contributed by atoms with van der Waals surface area (Å²) in [5, 5.41) is 0.754. The second-order valence-electron chi connectivity index (χ2n) is 4.70. The zero-order chi connectivity index (χ0) is 13.1. The van der Waals surface area contributed by atoms with E-state index in [4.69, 9.17) is 4.74 Å². The van der Waals surface area contributed by atoms with Gasteiger partial charge in [-0.1, -0.05) is 33.6 Å². The Hall–Kier alpha value is -0.870. The van der Waals surface area contributed by atoms with Crippen molar-refractivity contribution in [2.24, 2.45) is 0 Å². The largest absolute Gasteiger partial charge is 0.377 e. The summed E-state index contributed by atoms with van der Waals surface area (Å²) >= 11 is 3.45. The molecule has 0 radical (unpaired) electrons. The molecule has 0 N–H and O–H groups in total. The summed E-state index contributed by atoms with van der Waals surface area (Å²) in [4.78, 5) is 14.5. The number of halogens is 1. The second-order valence-corrected chi connectivity index (χ2v) is 5.35. The van der Waals surface area contributed by atoms with Crippen LogP contribution >= 0.6 is 15.9 Å². The monoisotopic (exact) mass is 311 g/mol. The molecule has 1 atom stereocenters. The zero-order valence-electron chi connectivity index (χ0n) is 10.8. The first-order valence-electron chi connectivity index (χ1n) is 6.15. The molecule has 18 heavy (non-hydrogen) atoms.